The molecule has 0 aliphatic carbocycles. The Morgan fingerprint density at radius 1 is 1.22 bits per heavy atom. The Morgan fingerprint density at radius 2 is 1.91 bits per heavy atom. The van der Waals surface area contributed by atoms with Crippen LogP contribution < -0.4 is 5.56 Å². The predicted molar refractivity (Wildman–Crippen MR) is 87.6 cm³/mol. The van der Waals surface area contributed by atoms with E-state index in [-0.39, 0.29) is 17.9 Å². The molecule has 2 aromatic heterocycles. The summed E-state index contributed by atoms with van der Waals surface area (Å²) in [5.74, 6) is 0.298. The van der Waals surface area contributed by atoms with Gasteiger partial charge in [0.05, 0.1) is 12.7 Å². The molecule has 23 heavy (non-hydrogen) atoms. The number of aromatic nitrogens is 4. The number of nitrogens with zero attached hydrogens (tertiary/aromatic N) is 4. The van der Waals surface area contributed by atoms with E-state index >= 15 is 0 Å². The van der Waals surface area contributed by atoms with Gasteiger partial charge in [0.15, 0.2) is 11.4 Å². The normalized spacial score (nSPS) is 11.3. The minimum absolute atomic E-state index is 0.0301. The first-order valence-electron chi connectivity index (χ1n) is 7.47. The van der Waals surface area contributed by atoms with Crippen LogP contribution in [0.3, 0.4) is 0 Å². The van der Waals surface area contributed by atoms with E-state index in [1.54, 1.807) is 19.2 Å². The molecule has 6 heteroatoms. The summed E-state index contributed by atoms with van der Waals surface area (Å²) >= 11 is 0. The maximum Gasteiger partial charge on any atom is 0.264 e. The third-order valence-corrected chi connectivity index (χ3v) is 3.93. The first-order valence-corrected chi connectivity index (χ1v) is 7.47. The third kappa shape index (κ3) is 2.79. The van der Waals surface area contributed by atoms with Crippen molar-refractivity contribution in [2.45, 2.75) is 26.3 Å². The number of carbonyl (C=O) groups is 1. The quantitative estimate of drug-likeness (QED) is 0.692. The molecule has 118 valence electrons. The van der Waals surface area contributed by atoms with E-state index in [2.05, 4.69) is 23.9 Å². The van der Waals surface area contributed by atoms with Crippen molar-refractivity contribution in [3.8, 4) is 0 Å². The van der Waals surface area contributed by atoms with Gasteiger partial charge in [-0.15, -0.1) is 0 Å². The Hall–Kier alpha value is -2.76. The second kappa shape index (κ2) is 5.79. The molecular weight excluding hydrogens is 292 g/mol. The lowest BCUT2D eigenvalue weighted by molar-refractivity contribution is 0.0970. The lowest BCUT2D eigenvalue weighted by Crippen LogP contribution is -2.24. The zero-order valence-electron chi connectivity index (χ0n) is 13.4. The topological polar surface area (TPSA) is 69.8 Å². The van der Waals surface area contributed by atoms with Crippen LogP contribution in [-0.4, -0.2) is 25.1 Å². The summed E-state index contributed by atoms with van der Waals surface area (Å²) in [6, 6.07) is 7.50. The summed E-state index contributed by atoms with van der Waals surface area (Å²) in [5, 5.41) is 4.43. The highest BCUT2D eigenvalue weighted by Crippen LogP contribution is 2.15. The molecular formula is C17H18N4O2. The Bertz CT molecular complexity index is 920. The van der Waals surface area contributed by atoms with E-state index in [9.17, 15) is 9.59 Å². The van der Waals surface area contributed by atoms with Crippen molar-refractivity contribution in [3.63, 3.8) is 0 Å². The standard InChI is InChI=1S/C17H18N4O2/c1-11(2)12-4-6-13(7-5-12)15(22)9-21-10-18-16-14(17(21)23)8-19-20(16)3/h4-8,10-11H,9H2,1-3H3. The number of fused-ring (bicyclic) bond motifs is 1. The van der Waals surface area contributed by atoms with E-state index < -0.39 is 0 Å². The van der Waals surface area contributed by atoms with Crippen molar-refractivity contribution in [2.75, 3.05) is 0 Å². The van der Waals surface area contributed by atoms with Crippen LogP contribution in [0.4, 0.5) is 0 Å². The molecule has 3 aromatic rings. The van der Waals surface area contributed by atoms with Gasteiger partial charge >= 0.3 is 0 Å². The molecule has 0 fully saturated rings. The molecule has 0 unspecified atom stereocenters. The van der Waals surface area contributed by atoms with Crippen molar-refractivity contribution in [1.82, 2.24) is 19.3 Å². The number of benzene rings is 1. The average Bonchev–Trinajstić information content (AvgIpc) is 2.92. The lowest BCUT2D eigenvalue weighted by Gasteiger charge is -2.07. The molecule has 0 bridgehead atoms. The predicted octanol–water partition coefficient (Wildman–Crippen LogP) is 2.14. The average molecular weight is 310 g/mol. The maximum atomic E-state index is 12.4. The zero-order chi connectivity index (χ0) is 16.6. The SMILES string of the molecule is CC(C)c1ccc(C(=O)Cn2cnc3c(cnn3C)c2=O)cc1. The second-order valence-electron chi connectivity index (χ2n) is 5.88. The molecule has 1 aromatic carbocycles. The second-order valence-corrected chi connectivity index (χ2v) is 5.88. The van der Waals surface area contributed by atoms with Crippen LogP contribution in [0.1, 0.15) is 35.7 Å². The Kier molecular flexibility index (Phi) is 3.82. The van der Waals surface area contributed by atoms with Crippen LogP contribution in [-0.2, 0) is 13.6 Å². The number of carbonyl (C=O) groups excluding carboxylic acids is 1. The number of Topliss-reactive ketones (excluding diaryl/α,β-unsaturated/α-hetero) is 1. The third-order valence-electron chi connectivity index (χ3n) is 3.93. The smallest absolute Gasteiger partial charge is 0.264 e. The van der Waals surface area contributed by atoms with Crippen LogP contribution >= 0.6 is 0 Å². The molecule has 3 rings (SSSR count). The van der Waals surface area contributed by atoms with E-state index in [1.165, 1.54) is 27.3 Å². The largest absolute Gasteiger partial charge is 0.292 e. The highest BCUT2D eigenvalue weighted by Gasteiger charge is 2.12. The molecule has 0 spiro atoms. The maximum absolute atomic E-state index is 12.4. The van der Waals surface area contributed by atoms with Gasteiger partial charge in [-0.3, -0.25) is 18.8 Å². The van der Waals surface area contributed by atoms with E-state index in [1.807, 2.05) is 12.1 Å². The van der Waals surface area contributed by atoms with E-state index in [0.717, 1.165) is 0 Å². The van der Waals surface area contributed by atoms with Gasteiger partial charge in [-0.1, -0.05) is 38.1 Å². The van der Waals surface area contributed by atoms with Gasteiger partial charge in [0.1, 0.15) is 11.7 Å². The van der Waals surface area contributed by atoms with Crippen LogP contribution in [0.15, 0.2) is 41.6 Å². The first kappa shape index (κ1) is 15.1. The van der Waals surface area contributed by atoms with Gasteiger partial charge in [0, 0.05) is 12.6 Å². The fourth-order valence-electron chi connectivity index (χ4n) is 2.48. The van der Waals surface area contributed by atoms with E-state index in [0.29, 0.717) is 22.5 Å². The number of rotatable bonds is 4. The number of ketones is 1. The lowest BCUT2D eigenvalue weighted by atomic mass is 10.0. The molecule has 6 nitrogen and oxygen atoms in total. The molecule has 0 radical (unpaired) electrons. The molecule has 0 aliphatic rings. The van der Waals surface area contributed by atoms with Crippen molar-refractivity contribution in [2.24, 2.45) is 7.05 Å². The van der Waals surface area contributed by atoms with Gasteiger partial charge in [-0.05, 0) is 11.5 Å². The molecule has 2 heterocycles. The molecule has 0 saturated carbocycles. The monoisotopic (exact) mass is 310 g/mol. The van der Waals surface area contributed by atoms with Gasteiger partial charge in [0.2, 0.25) is 0 Å². The molecule has 0 N–H and O–H groups in total. The minimum atomic E-state index is -0.254. The number of aryl methyl sites for hydroxylation is 1. The molecule has 0 amide bonds. The summed E-state index contributed by atoms with van der Waals surface area (Å²) in [6.45, 7) is 4.17. The van der Waals surface area contributed by atoms with Crippen LogP contribution in [0.25, 0.3) is 11.0 Å². The zero-order valence-corrected chi connectivity index (χ0v) is 13.4. The summed E-state index contributed by atoms with van der Waals surface area (Å²) in [7, 11) is 1.72. The summed E-state index contributed by atoms with van der Waals surface area (Å²) in [4.78, 5) is 28.9. The number of hydrogen-bond acceptors (Lipinski definition) is 4. The van der Waals surface area contributed by atoms with Gasteiger partial charge < -0.3 is 0 Å². The van der Waals surface area contributed by atoms with Gasteiger partial charge in [0.25, 0.3) is 5.56 Å². The Balaban J connectivity index is 1.88. The highest BCUT2D eigenvalue weighted by atomic mass is 16.1. The first-order chi connectivity index (χ1) is 11.0. The van der Waals surface area contributed by atoms with Crippen LogP contribution in [0, 0.1) is 0 Å². The molecule has 0 atom stereocenters. The Labute approximate surface area is 133 Å². The summed E-state index contributed by atoms with van der Waals surface area (Å²) in [6.07, 6.45) is 2.87. The van der Waals surface area contributed by atoms with Gasteiger partial charge in [-0.25, -0.2) is 4.98 Å². The van der Waals surface area contributed by atoms with Crippen molar-refractivity contribution in [3.05, 3.63) is 58.3 Å². The minimum Gasteiger partial charge on any atom is -0.292 e. The molecule has 0 aliphatic heterocycles. The Morgan fingerprint density at radius 3 is 2.57 bits per heavy atom. The van der Waals surface area contributed by atoms with Crippen molar-refractivity contribution >= 4 is 16.8 Å². The van der Waals surface area contributed by atoms with Crippen molar-refractivity contribution < 1.29 is 4.79 Å². The van der Waals surface area contributed by atoms with E-state index in [4.69, 9.17) is 0 Å². The summed E-state index contributed by atoms with van der Waals surface area (Å²) in [5.41, 5.74) is 2.03. The van der Waals surface area contributed by atoms with Gasteiger partial charge in [-0.2, -0.15) is 5.10 Å². The summed E-state index contributed by atoms with van der Waals surface area (Å²) < 4.78 is 2.86. The highest BCUT2D eigenvalue weighted by molar-refractivity contribution is 5.96. The van der Waals surface area contributed by atoms with Crippen LogP contribution in [0.2, 0.25) is 0 Å². The fourth-order valence-corrected chi connectivity index (χ4v) is 2.48. The van der Waals surface area contributed by atoms with Crippen LogP contribution in [0.5, 0.6) is 0 Å². The molecule has 0 saturated heterocycles. The fraction of sp³-hybridized carbons (Fsp3) is 0.294. The number of hydrogen-bond donors (Lipinski definition) is 0. The van der Waals surface area contributed by atoms with Crippen molar-refractivity contribution in [1.29, 1.82) is 0 Å².